The van der Waals surface area contributed by atoms with E-state index >= 15 is 0 Å². The van der Waals surface area contributed by atoms with E-state index in [-0.39, 0.29) is 0 Å². The first-order valence-corrected chi connectivity index (χ1v) is 5.51. The highest BCUT2D eigenvalue weighted by molar-refractivity contribution is 14.1. The molecule has 1 aromatic heterocycles. The van der Waals surface area contributed by atoms with Crippen molar-refractivity contribution >= 4 is 38.5 Å². The lowest BCUT2D eigenvalue weighted by molar-refractivity contribution is 0.560. The highest BCUT2D eigenvalue weighted by Gasteiger charge is 2.22. The molecule has 2 nitrogen and oxygen atoms in total. The topological polar surface area (TPSA) is 17.8 Å². The zero-order chi connectivity index (χ0) is 7.84. The van der Waals surface area contributed by atoms with Crippen molar-refractivity contribution in [2.24, 2.45) is 5.92 Å². The molecule has 0 unspecified atom stereocenters. The van der Waals surface area contributed by atoms with E-state index in [9.17, 15) is 0 Å². The standard InChI is InChI=1S/C7H8BrIN2/c8-6-4-11(10-7(6)9)3-5-1-2-5/h4-5H,1-3H2. The summed E-state index contributed by atoms with van der Waals surface area (Å²) in [5.74, 6) is 0.901. The first-order valence-electron chi connectivity index (χ1n) is 3.64. The Morgan fingerprint density at radius 1 is 1.73 bits per heavy atom. The second-order valence-corrected chi connectivity index (χ2v) is 4.81. The lowest BCUT2D eigenvalue weighted by Gasteiger charge is -1.95. The molecule has 1 aliphatic rings. The van der Waals surface area contributed by atoms with Gasteiger partial charge in [-0.25, -0.2) is 0 Å². The van der Waals surface area contributed by atoms with Crippen LogP contribution in [-0.2, 0) is 6.54 Å². The minimum Gasteiger partial charge on any atom is -0.270 e. The quantitative estimate of drug-likeness (QED) is 0.764. The van der Waals surface area contributed by atoms with Crippen LogP contribution < -0.4 is 0 Å². The summed E-state index contributed by atoms with van der Waals surface area (Å²) in [7, 11) is 0. The second kappa shape index (κ2) is 3.05. The van der Waals surface area contributed by atoms with E-state index in [1.54, 1.807) is 0 Å². The molecule has 1 heterocycles. The van der Waals surface area contributed by atoms with E-state index in [4.69, 9.17) is 0 Å². The summed E-state index contributed by atoms with van der Waals surface area (Å²) < 4.78 is 4.20. The van der Waals surface area contributed by atoms with Gasteiger partial charge in [-0.1, -0.05) is 0 Å². The van der Waals surface area contributed by atoms with Gasteiger partial charge in [-0.15, -0.1) is 0 Å². The Balaban J connectivity index is 2.11. The fraction of sp³-hybridized carbons (Fsp3) is 0.571. The summed E-state index contributed by atoms with van der Waals surface area (Å²) in [5, 5.41) is 4.35. The van der Waals surface area contributed by atoms with Crippen LogP contribution in [0.3, 0.4) is 0 Å². The van der Waals surface area contributed by atoms with Gasteiger partial charge in [0.15, 0.2) is 0 Å². The SMILES string of the molecule is Brc1cn(CC2CC2)nc1I. The number of nitrogens with zero attached hydrogens (tertiary/aromatic N) is 2. The van der Waals surface area contributed by atoms with E-state index < -0.39 is 0 Å². The minimum atomic E-state index is 0.901. The molecule has 0 aliphatic heterocycles. The lowest BCUT2D eigenvalue weighted by Crippen LogP contribution is -1.99. The minimum absolute atomic E-state index is 0.901. The predicted octanol–water partition coefficient (Wildman–Crippen LogP) is 2.66. The third-order valence-corrected chi connectivity index (χ3v) is 3.94. The lowest BCUT2D eigenvalue weighted by atomic mass is 10.4. The Kier molecular flexibility index (Phi) is 2.23. The van der Waals surface area contributed by atoms with Gasteiger partial charge < -0.3 is 0 Å². The van der Waals surface area contributed by atoms with Crippen LogP contribution >= 0.6 is 38.5 Å². The van der Waals surface area contributed by atoms with Gasteiger partial charge in [0.2, 0.25) is 0 Å². The molecule has 1 saturated carbocycles. The van der Waals surface area contributed by atoms with Crippen molar-refractivity contribution in [2.45, 2.75) is 19.4 Å². The van der Waals surface area contributed by atoms with E-state index in [1.807, 2.05) is 4.68 Å². The van der Waals surface area contributed by atoms with Crippen molar-refractivity contribution in [2.75, 3.05) is 0 Å². The van der Waals surface area contributed by atoms with Gasteiger partial charge in [-0.2, -0.15) is 5.10 Å². The number of hydrogen-bond donors (Lipinski definition) is 0. The van der Waals surface area contributed by atoms with Gasteiger partial charge in [0.05, 0.1) is 4.47 Å². The first-order chi connectivity index (χ1) is 5.25. The molecule has 1 aromatic rings. The third kappa shape index (κ3) is 1.96. The van der Waals surface area contributed by atoms with Crippen molar-refractivity contribution in [3.8, 4) is 0 Å². The van der Waals surface area contributed by atoms with Crippen molar-refractivity contribution in [1.29, 1.82) is 0 Å². The first kappa shape index (κ1) is 8.04. The summed E-state index contributed by atoms with van der Waals surface area (Å²) in [6, 6.07) is 0. The van der Waals surface area contributed by atoms with E-state index in [1.165, 1.54) is 12.8 Å². The smallest absolute Gasteiger partial charge is 0.137 e. The Labute approximate surface area is 87.6 Å². The maximum atomic E-state index is 4.35. The van der Waals surface area contributed by atoms with Gasteiger partial charge in [-0.3, -0.25) is 4.68 Å². The molecular weight excluding hydrogens is 319 g/mol. The van der Waals surface area contributed by atoms with Crippen LogP contribution in [0.4, 0.5) is 0 Å². The normalized spacial score (nSPS) is 17.3. The van der Waals surface area contributed by atoms with Crippen molar-refractivity contribution in [3.63, 3.8) is 0 Å². The fourth-order valence-electron chi connectivity index (χ4n) is 1.03. The number of halogens is 2. The number of aromatic nitrogens is 2. The summed E-state index contributed by atoms with van der Waals surface area (Å²) in [5.41, 5.74) is 0. The largest absolute Gasteiger partial charge is 0.270 e. The van der Waals surface area contributed by atoms with Gasteiger partial charge in [-0.05, 0) is 57.3 Å². The van der Waals surface area contributed by atoms with E-state index in [0.29, 0.717) is 0 Å². The highest BCUT2D eigenvalue weighted by atomic mass is 127. The van der Waals surface area contributed by atoms with E-state index in [0.717, 1.165) is 20.6 Å². The number of hydrogen-bond acceptors (Lipinski definition) is 1. The van der Waals surface area contributed by atoms with Crippen LogP contribution in [0.15, 0.2) is 10.7 Å². The zero-order valence-corrected chi connectivity index (χ0v) is 9.67. The Morgan fingerprint density at radius 2 is 2.45 bits per heavy atom. The fourth-order valence-corrected chi connectivity index (χ4v) is 1.76. The molecule has 11 heavy (non-hydrogen) atoms. The average Bonchev–Trinajstić information content (AvgIpc) is 2.65. The molecule has 0 saturated heterocycles. The molecule has 60 valence electrons. The predicted molar refractivity (Wildman–Crippen MR) is 55.4 cm³/mol. The molecule has 0 atom stereocenters. The van der Waals surface area contributed by atoms with Crippen LogP contribution in [0.5, 0.6) is 0 Å². The summed E-state index contributed by atoms with van der Waals surface area (Å²) in [4.78, 5) is 0. The molecule has 1 fully saturated rings. The molecular formula is C7H8BrIN2. The monoisotopic (exact) mass is 326 g/mol. The highest BCUT2D eigenvalue weighted by Crippen LogP contribution is 2.31. The van der Waals surface area contributed by atoms with Crippen LogP contribution in [0, 0.1) is 9.62 Å². The maximum absolute atomic E-state index is 4.35. The molecule has 0 N–H and O–H groups in total. The number of rotatable bonds is 2. The van der Waals surface area contributed by atoms with Crippen LogP contribution in [0.2, 0.25) is 0 Å². The average molecular weight is 327 g/mol. The van der Waals surface area contributed by atoms with Crippen molar-refractivity contribution in [3.05, 3.63) is 14.4 Å². The third-order valence-electron chi connectivity index (χ3n) is 1.82. The second-order valence-electron chi connectivity index (χ2n) is 2.93. The maximum Gasteiger partial charge on any atom is 0.137 e. The van der Waals surface area contributed by atoms with Gasteiger partial charge in [0, 0.05) is 12.7 Å². The van der Waals surface area contributed by atoms with E-state index in [2.05, 4.69) is 49.8 Å². The van der Waals surface area contributed by atoms with Crippen molar-refractivity contribution in [1.82, 2.24) is 9.78 Å². The van der Waals surface area contributed by atoms with Crippen LogP contribution in [0.1, 0.15) is 12.8 Å². The van der Waals surface area contributed by atoms with Gasteiger partial charge in [0.25, 0.3) is 0 Å². The summed E-state index contributed by atoms with van der Waals surface area (Å²) in [6.07, 6.45) is 4.82. The zero-order valence-electron chi connectivity index (χ0n) is 5.93. The Morgan fingerprint density at radius 3 is 2.91 bits per heavy atom. The molecule has 0 radical (unpaired) electrons. The van der Waals surface area contributed by atoms with Crippen molar-refractivity contribution < 1.29 is 0 Å². The Bertz CT molecular complexity index is 248. The molecule has 4 heteroatoms. The van der Waals surface area contributed by atoms with Crippen LogP contribution in [0.25, 0.3) is 0 Å². The summed E-state index contributed by atoms with van der Waals surface area (Å²) in [6.45, 7) is 1.10. The molecule has 2 rings (SSSR count). The molecule has 0 aromatic carbocycles. The van der Waals surface area contributed by atoms with Gasteiger partial charge >= 0.3 is 0 Å². The molecule has 0 amide bonds. The molecule has 0 spiro atoms. The molecule has 1 aliphatic carbocycles. The van der Waals surface area contributed by atoms with Gasteiger partial charge in [0.1, 0.15) is 3.70 Å². The molecule has 0 bridgehead atoms. The summed E-state index contributed by atoms with van der Waals surface area (Å²) >= 11 is 5.67. The Hall–Kier alpha value is 0.420. The van der Waals surface area contributed by atoms with Crippen LogP contribution in [-0.4, -0.2) is 9.78 Å².